The van der Waals surface area contributed by atoms with Crippen molar-refractivity contribution in [2.75, 3.05) is 0 Å². The van der Waals surface area contributed by atoms with Gasteiger partial charge in [-0.25, -0.2) is 0 Å². The van der Waals surface area contributed by atoms with Crippen molar-refractivity contribution in [1.82, 2.24) is 4.57 Å². The van der Waals surface area contributed by atoms with Gasteiger partial charge in [-0.05, 0) is 30.9 Å². The summed E-state index contributed by atoms with van der Waals surface area (Å²) in [4.78, 5) is 13.9. The molecule has 17 heavy (non-hydrogen) atoms. The number of aromatic nitrogens is 1. The van der Waals surface area contributed by atoms with Crippen LogP contribution in [0.25, 0.3) is 0 Å². The van der Waals surface area contributed by atoms with Gasteiger partial charge in [0.05, 0.1) is 0 Å². The molecular formula is C11H11F3N2O. The van der Waals surface area contributed by atoms with Gasteiger partial charge in [0.1, 0.15) is 5.49 Å². The number of halogens is 3. The maximum absolute atomic E-state index is 12.1. The number of hydrogen-bond donors (Lipinski definition) is 0. The number of hydrogen-bond acceptors (Lipinski definition) is 1. The maximum atomic E-state index is 12.1. The Labute approximate surface area is 95.6 Å². The molecule has 2 rings (SSSR count). The lowest BCUT2D eigenvalue weighted by Crippen LogP contribution is -2.27. The molecule has 0 unspecified atom stereocenters. The van der Waals surface area contributed by atoms with Crippen LogP contribution < -0.4 is 5.49 Å². The van der Waals surface area contributed by atoms with Crippen LogP contribution in [-0.4, -0.2) is 16.7 Å². The Morgan fingerprint density at radius 3 is 2.71 bits per heavy atom. The highest BCUT2D eigenvalue weighted by molar-refractivity contribution is 5.82. The summed E-state index contributed by atoms with van der Waals surface area (Å²) in [5.41, 5.74) is 0.0572. The van der Waals surface area contributed by atoms with Crippen LogP contribution in [0.15, 0.2) is 29.4 Å². The fraction of sp³-hybridized carbons (Fsp3) is 0.455. The normalized spacial score (nSPS) is 17.2. The maximum Gasteiger partial charge on any atom is 0.473 e. The average molecular weight is 244 g/mol. The Balaban J connectivity index is 2.30. The molecule has 0 aromatic carbocycles. The first-order chi connectivity index (χ1) is 7.97. The summed E-state index contributed by atoms with van der Waals surface area (Å²) in [7, 11) is 0. The van der Waals surface area contributed by atoms with Crippen molar-refractivity contribution in [2.24, 2.45) is 10.9 Å². The summed E-state index contributed by atoms with van der Waals surface area (Å²) < 4.78 is 37.9. The van der Waals surface area contributed by atoms with Gasteiger partial charge in [-0.1, -0.05) is 6.07 Å². The Morgan fingerprint density at radius 2 is 2.12 bits per heavy atom. The largest absolute Gasteiger partial charge is 0.473 e. The molecule has 1 heterocycles. The Morgan fingerprint density at radius 1 is 1.41 bits per heavy atom. The molecule has 0 aliphatic heterocycles. The number of rotatable bonds is 2. The molecule has 1 saturated carbocycles. The van der Waals surface area contributed by atoms with Crippen LogP contribution in [0.2, 0.25) is 0 Å². The molecule has 6 heteroatoms. The van der Waals surface area contributed by atoms with Crippen molar-refractivity contribution in [3.05, 3.63) is 29.9 Å². The van der Waals surface area contributed by atoms with Crippen LogP contribution in [0, 0.1) is 5.92 Å². The summed E-state index contributed by atoms with van der Waals surface area (Å²) in [5, 5.41) is 0. The van der Waals surface area contributed by atoms with Gasteiger partial charge in [-0.15, -0.1) is 0 Å². The van der Waals surface area contributed by atoms with Crippen molar-refractivity contribution < 1.29 is 18.0 Å². The van der Waals surface area contributed by atoms with Crippen molar-refractivity contribution in [2.45, 2.75) is 25.6 Å². The number of carbonyl (C=O) groups excluding carboxylic acids is 1. The minimum absolute atomic E-state index is 0.0572. The highest BCUT2D eigenvalue weighted by atomic mass is 19.4. The average Bonchev–Trinajstić information content (AvgIpc) is 3.03. The molecule has 0 saturated heterocycles. The quantitative estimate of drug-likeness (QED) is 0.782. The monoisotopic (exact) mass is 244 g/mol. The van der Waals surface area contributed by atoms with E-state index in [1.54, 1.807) is 22.9 Å². The summed E-state index contributed by atoms with van der Waals surface area (Å²) in [6.45, 7) is 0.616. The van der Waals surface area contributed by atoms with E-state index in [4.69, 9.17) is 0 Å². The third-order valence-corrected chi connectivity index (χ3v) is 2.53. The van der Waals surface area contributed by atoms with Crippen molar-refractivity contribution in [3.8, 4) is 0 Å². The fourth-order valence-corrected chi connectivity index (χ4v) is 1.47. The molecule has 0 atom stereocenters. The third kappa shape index (κ3) is 3.18. The van der Waals surface area contributed by atoms with Crippen LogP contribution in [0.4, 0.5) is 13.2 Å². The van der Waals surface area contributed by atoms with Crippen molar-refractivity contribution in [3.63, 3.8) is 0 Å². The molecule has 3 nitrogen and oxygen atoms in total. The molecule has 0 bridgehead atoms. The lowest BCUT2D eigenvalue weighted by Gasteiger charge is -2.06. The molecular weight excluding hydrogens is 233 g/mol. The smallest absolute Gasteiger partial charge is 0.333 e. The van der Waals surface area contributed by atoms with Crippen LogP contribution in [-0.2, 0) is 11.3 Å². The summed E-state index contributed by atoms with van der Waals surface area (Å²) in [6.07, 6.45) is -1.11. The zero-order chi connectivity index (χ0) is 12.5. The van der Waals surface area contributed by atoms with Gasteiger partial charge < -0.3 is 4.57 Å². The summed E-state index contributed by atoms with van der Waals surface area (Å²) in [6, 6.07) is 4.68. The minimum atomic E-state index is -4.91. The Hall–Kier alpha value is -1.59. The van der Waals surface area contributed by atoms with Gasteiger partial charge >= 0.3 is 12.1 Å². The zero-order valence-corrected chi connectivity index (χ0v) is 8.94. The van der Waals surface area contributed by atoms with E-state index in [2.05, 4.69) is 4.99 Å². The highest BCUT2D eigenvalue weighted by Gasteiger charge is 2.38. The molecule has 1 fully saturated rings. The predicted octanol–water partition coefficient (Wildman–Crippen LogP) is 1.89. The van der Waals surface area contributed by atoms with Gasteiger partial charge in [0, 0.05) is 12.7 Å². The first kappa shape index (κ1) is 11.9. The van der Waals surface area contributed by atoms with Gasteiger partial charge in [-0.2, -0.15) is 18.2 Å². The van der Waals surface area contributed by atoms with Gasteiger partial charge in [0.15, 0.2) is 0 Å². The number of carbonyl (C=O) groups is 1. The number of amides is 1. The molecule has 92 valence electrons. The van der Waals surface area contributed by atoms with E-state index in [9.17, 15) is 18.0 Å². The second kappa shape index (κ2) is 4.35. The van der Waals surface area contributed by atoms with Gasteiger partial charge in [0.25, 0.3) is 0 Å². The van der Waals surface area contributed by atoms with E-state index in [0.717, 1.165) is 12.8 Å². The first-order valence-corrected chi connectivity index (χ1v) is 5.28. The van der Waals surface area contributed by atoms with E-state index < -0.39 is 12.1 Å². The molecule has 1 aliphatic carbocycles. The summed E-state index contributed by atoms with van der Waals surface area (Å²) in [5.74, 6) is -1.56. The third-order valence-electron chi connectivity index (χ3n) is 2.53. The van der Waals surface area contributed by atoms with E-state index in [1.807, 2.05) is 0 Å². The van der Waals surface area contributed by atoms with Crippen molar-refractivity contribution in [1.29, 1.82) is 0 Å². The van der Waals surface area contributed by atoms with E-state index in [1.165, 1.54) is 6.07 Å². The second-order valence-electron chi connectivity index (χ2n) is 4.07. The SMILES string of the molecule is O=C(N=c1ccccn1CC1CC1)C(F)(F)F. The standard InChI is InChI=1S/C11H11F3N2O/c12-11(13,14)10(17)15-9-3-1-2-6-16(9)7-8-4-5-8/h1-3,6,8H,4-5,7H2. The lowest BCUT2D eigenvalue weighted by molar-refractivity contribution is -0.169. The lowest BCUT2D eigenvalue weighted by atomic mass is 10.4. The molecule has 0 N–H and O–H groups in total. The predicted molar refractivity (Wildman–Crippen MR) is 53.8 cm³/mol. The van der Waals surface area contributed by atoms with Crippen LogP contribution in [0.1, 0.15) is 12.8 Å². The Kier molecular flexibility index (Phi) is 3.04. The topological polar surface area (TPSA) is 34.4 Å². The number of alkyl halides is 3. The Bertz CT molecular complexity index is 486. The van der Waals surface area contributed by atoms with Gasteiger partial charge in [-0.3, -0.25) is 4.79 Å². The molecule has 1 aromatic rings. The van der Waals surface area contributed by atoms with Crippen LogP contribution in [0.3, 0.4) is 0 Å². The fourth-order valence-electron chi connectivity index (χ4n) is 1.47. The second-order valence-corrected chi connectivity index (χ2v) is 4.07. The first-order valence-electron chi connectivity index (χ1n) is 5.28. The molecule has 1 aromatic heterocycles. The van der Waals surface area contributed by atoms with Crippen LogP contribution in [0.5, 0.6) is 0 Å². The molecule has 1 amide bonds. The zero-order valence-electron chi connectivity index (χ0n) is 8.94. The van der Waals surface area contributed by atoms with Crippen molar-refractivity contribution >= 4 is 5.91 Å². The molecule has 1 aliphatic rings. The highest BCUT2D eigenvalue weighted by Crippen LogP contribution is 2.29. The van der Waals surface area contributed by atoms with Gasteiger partial charge in [0.2, 0.25) is 0 Å². The number of nitrogens with zero attached hydrogens (tertiary/aromatic N) is 2. The molecule has 0 spiro atoms. The van der Waals surface area contributed by atoms with E-state index >= 15 is 0 Å². The minimum Gasteiger partial charge on any atom is -0.333 e. The summed E-state index contributed by atoms with van der Waals surface area (Å²) >= 11 is 0. The van der Waals surface area contributed by atoms with E-state index in [0.29, 0.717) is 12.5 Å². The van der Waals surface area contributed by atoms with E-state index in [-0.39, 0.29) is 5.49 Å². The number of pyridine rings is 1. The van der Waals surface area contributed by atoms with Crippen LogP contribution >= 0.6 is 0 Å². The molecule has 0 radical (unpaired) electrons.